The summed E-state index contributed by atoms with van der Waals surface area (Å²) in [6.45, 7) is 3.65. The SMILES string of the molecule is CC(N)CCC(=O)NC(C)Cc1ccc(C(F)(F)F)cc1.Cl. The third kappa shape index (κ3) is 7.66. The largest absolute Gasteiger partial charge is 0.416 e. The number of carbonyl (C=O) groups excluding carboxylic acids is 1. The van der Waals surface area contributed by atoms with Crippen LogP contribution in [0.5, 0.6) is 0 Å². The zero-order valence-corrected chi connectivity index (χ0v) is 13.4. The molecule has 1 amide bonds. The van der Waals surface area contributed by atoms with Crippen LogP contribution in [-0.4, -0.2) is 18.0 Å². The van der Waals surface area contributed by atoms with E-state index in [1.165, 1.54) is 12.1 Å². The molecule has 0 saturated heterocycles. The number of hydrogen-bond donors (Lipinski definition) is 2. The first-order chi connectivity index (χ1) is 9.68. The Bertz CT molecular complexity index is 461. The molecule has 1 rings (SSSR count). The number of carbonyl (C=O) groups is 1. The second-order valence-electron chi connectivity index (χ2n) is 5.38. The zero-order valence-electron chi connectivity index (χ0n) is 12.6. The number of nitrogens with one attached hydrogen (secondary N) is 1. The van der Waals surface area contributed by atoms with Gasteiger partial charge in [-0.15, -0.1) is 12.4 Å². The molecule has 22 heavy (non-hydrogen) atoms. The molecule has 3 nitrogen and oxygen atoms in total. The Balaban J connectivity index is 0.00000441. The molecule has 3 N–H and O–H groups in total. The second kappa shape index (κ2) is 9.00. The minimum absolute atomic E-state index is 0. The number of benzene rings is 1. The third-order valence-electron chi connectivity index (χ3n) is 3.06. The summed E-state index contributed by atoms with van der Waals surface area (Å²) in [4.78, 5) is 11.6. The van der Waals surface area contributed by atoms with E-state index in [0.29, 0.717) is 19.3 Å². The maximum absolute atomic E-state index is 12.4. The Labute approximate surface area is 134 Å². The van der Waals surface area contributed by atoms with Crippen LogP contribution in [0.2, 0.25) is 0 Å². The molecule has 0 aliphatic carbocycles. The molecule has 0 heterocycles. The van der Waals surface area contributed by atoms with Gasteiger partial charge in [0.1, 0.15) is 0 Å². The second-order valence-corrected chi connectivity index (χ2v) is 5.38. The standard InChI is InChI=1S/C15H21F3N2O.ClH/c1-10(19)3-8-14(21)20-11(2)9-12-4-6-13(7-5-12)15(16,17)18;/h4-7,10-11H,3,8-9,19H2,1-2H3,(H,20,21);1H. The Morgan fingerprint density at radius 3 is 2.23 bits per heavy atom. The fourth-order valence-corrected chi connectivity index (χ4v) is 1.94. The molecule has 126 valence electrons. The van der Waals surface area contributed by atoms with Gasteiger partial charge in [0.25, 0.3) is 0 Å². The third-order valence-corrected chi connectivity index (χ3v) is 3.06. The fourth-order valence-electron chi connectivity index (χ4n) is 1.94. The predicted molar refractivity (Wildman–Crippen MR) is 82.9 cm³/mol. The van der Waals surface area contributed by atoms with E-state index in [2.05, 4.69) is 5.32 Å². The molecule has 0 bridgehead atoms. The maximum Gasteiger partial charge on any atom is 0.416 e. The van der Waals surface area contributed by atoms with Crippen molar-refractivity contribution in [3.05, 3.63) is 35.4 Å². The number of alkyl halides is 3. The molecule has 2 unspecified atom stereocenters. The van der Waals surface area contributed by atoms with Gasteiger partial charge in [0, 0.05) is 18.5 Å². The maximum atomic E-state index is 12.4. The van der Waals surface area contributed by atoms with E-state index >= 15 is 0 Å². The van der Waals surface area contributed by atoms with E-state index < -0.39 is 11.7 Å². The van der Waals surface area contributed by atoms with Crippen molar-refractivity contribution < 1.29 is 18.0 Å². The fraction of sp³-hybridized carbons (Fsp3) is 0.533. The van der Waals surface area contributed by atoms with E-state index in [1.54, 1.807) is 0 Å². The number of amides is 1. The molecule has 0 radical (unpaired) electrons. The van der Waals surface area contributed by atoms with E-state index in [1.807, 2.05) is 13.8 Å². The average Bonchev–Trinajstić information content (AvgIpc) is 2.35. The van der Waals surface area contributed by atoms with E-state index in [4.69, 9.17) is 5.73 Å². The van der Waals surface area contributed by atoms with Crippen molar-refractivity contribution in [2.24, 2.45) is 5.73 Å². The Morgan fingerprint density at radius 1 is 1.23 bits per heavy atom. The summed E-state index contributed by atoms with van der Waals surface area (Å²) in [7, 11) is 0. The normalized spacial score (nSPS) is 13.9. The highest BCUT2D eigenvalue weighted by molar-refractivity contribution is 5.85. The molecule has 0 aliphatic rings. The van der Waals surface area contributed by atoms with Gasteiger partial charge in [-0.2, -0.15) is 13.2 Å². The lowest BCUT2D eigenvalue weighted by Crippen LogP contribution is -2.34. The molecule has 0 fully saturated rings. The van der Waals surface area contributed by atoms with Crippen molar-refractivity contribution >= 4 is 18.3 Å². The van der Waals surface area contributed by atoms with Gasteiger partial charge in [0.05, 0.1) is 5.56 Å². The molecule has 1 aromatic rings. The van der Waals surface area contributed by atoms with Gasteiger partial charge in [-0.1, -0.05) is 12.1 Å². The van der Waals surface area contributed by atoms with E-state index in [9.17, 15) is 18.0 Å². The Hall–Kier alpha value is -1.27. The first-order valence-electron chi connectivity index (χ1n) is 6.89. The monoisotopic (exact) mass is 338 g/mol. The van der Waals surface area contributed by atoms with E-state index in [-0.39, 0.29) is 30.4 Å². The highest BCUT2D eigenvalue weighted by Crippen LogP contribution is 2.29. The number of nitrogens with two attached hydrogens (primary N) is 1. The Morgan fingerprint density at radius 2 is 1.77 bits per heavy atom. The first-order valence-corrected chi connectivity index (χ1v) is 6.89. The zero-order chi connectivity index (χ0) is 16.0. The van der Waals surface area contributed by atoms with Crippen LogP contribution < -0.4 is 11.1 Å². The van der Waals surface area contributed by atoms with Gasteiger partial charge in [-0.25, -0.2) is 0 Å². The first kappa shape index (κ1) is 20.7. The minimum Gasteiger partial charge on any atom is -0.353 e. The van der Waals surface area contributed by atoms with Crippen molar-refractivity contribution in [1.82, 2.24) is 5.32 Å². The summed E-state index contributed by atoms with van der Waals surface area (Å²) in [5.41, 5.74) is 5.66. The molecule has 2 atom stereocenters. The van der Waals surface area contributed by atoms with Crippen LogP contribution >= 0.6 is 12.4 Å². The van der Waals surface area contributed by atoms with Crippen molar-refractivity contribution in [3.63, 3.8) is 0 Å². The molecule has 0 aliphatic heterocycles. The topological polar surface area (TPSA) is 55.1 Å². The number of rotatable bonds is 6. The number of halogens is 4. The minimum atomic E-state index is -4.32. The van der Waals surface area contributed by atoms with Crippen LogP contribution in [-0.2, 0) is 17.4 Å². The van der Waals surface area contributed by atoms with Crippen LogP contribution in [0.1, 0.15) is 37.8 Å². The van der Waals surface area contributed by atoms with Gasteiger partial charge >= 0.3 is 6.18 Å². The smallest absolute Gasteiger partial charge is 0.353 e. The lowest BCUT2D eigenvalue weighted by atomic mass is 10.0. The van der Waals surface area contributed by atoms with Crippen LogP contribution in [0.3, 0.4) is 0 Å². The molecule has 0 saturated carbocycles. The summed E-state index contributed by atoms with van der Waals surface area (Å²) >= 11 is 0. The van der Waals surface area contributed by atoms with Crippen LogP contribution in [0.4, 0.5) is 13.2 Å². The molecule has 1 aromatic carbocycles. The summed E-state index contributed by atoms with van der Waals surface area (Å²) in [5.74, 6) is -0.0910. The summed E-state index contributed by atoms with van der Waals surface area (Å²) in [6.07, 6.45) is -2.87. The van der Waals surface area contributed by atoms with Crippen molar-refractivity contribution in [2.45, 2.75) is 51.4 Å². The molecular formula is C15H22ClF3N2O. The van der Waals surface area contributed by atoms with Crippen LogP contribution in [0.25, 0.3) is 0 Å². The predicted octanol–water partition coefficient (Wildman–Crippen LogP) is 3.30. The highest BCUT2D eigenvalue weighted by atomic mass is 35.5. The molecule has 0 aromatic heterocycles. The van der Waals surface area contributed by atoms with Gasteiger partial charge in [-0.05, 0) is 44.4 Å². The average molecular weight is 339 g/mol. The highest BCUT2D eigenvalue weighted by Gasteiger charge is 2.29. The van der Waals surface area contributed by atoms with Gasteiger partial charge in [0.2, 0.25) is 5.91 Å². The summed E-state index contributed by atoms with van der Waals surface area (Å²) in [5, 5.41) is 2.81. The van der Waals surface area contributed by atoms with Gasteiger partial charge in [-0.3, -0.25) is 4.79 Å². The lowest BCUT2D eigenvalue weighted by molar-refractivity contribution is -0.137. The van der Waals surface area contributed by atoms with Gasteiger partial charge in [0.15, 0.2) is 0 Å². The van der Waals surface area contributed by atoms with Crippen LogP contribution in [0.15, 0.2) is 24.3 Å². The summed E-state index contributed by atoms with van der Waals surface area (Å²) < 4.78 is 37.3. The van der Waals surface area contributed by atoms with Crippen molar-refractivity contribution in [2.75, 3.05) is 0 Å². The quantitative estimate of drug-likeness (QED) is 0.836. The Kier molecular flexibility index (Phi) is 8.48. The molecular weight excluding hydrogens is 317 g/mol. The van der Waals surface area contributed by atoms with Crippen LogP contribution in [0, 0.1) is 0 Å². The summed E-state index contributed by atoms with van der Waals surface area (Å²) in [6, 6.07) is 4.82. The van der Waals surface area contributed by atoms with Gasteiger partial charge < -0.3 is 11.1 Å². The lowest BCUT2D eigenvalue weighted by Gasteiger charge is -2.15. The van der Waals surface area contributed by atoms with Crippen molar-refractivity contribution in [1.29, 1.82) is 0 Å². The van der Waals surface area contributed by atoms with E-state index in [0.717, 1.165) is 17.7 Å². The van der Waals surface area contributed by atoms with Crippen molar-refractivity contribution in [3.8, 4) is 0 Å². The number of hydrogen-bond acceptors (Lipinski definition) is 2. The molecule has 7 heteroatoms. The molecule has 0 spiro atoms.